The van der Waals surface area contributed by atoms with Crippen LogP contribution in [0.15, 0.2) is 59.4 Å². The van der Waals surface area contributed by atoms with Crippen LogP contribution < -0.4 is 5.56 Å². The van der Waals surface area contributed by atoms with Crippen LogP contribution >= 0.6 is 0 Å². The van der Waals surface area contributed by atoms with E-state index in [0.717, 1.165) is 42.9 Å². The van der Waals surface area contributed by atoms with Crippen LogP contribution in [-0.2, 0) is 24.2 Å². The van der Waals surface area contributed by atoms with Crippen molar-refractivity contribution in [2.75, 3.05) is 13.1 Å². The molecule has 2 aromatic carbocycles. The molecule has 5 heteroatoms. The van der Waals surface area contributed by atoms with E-state index in [4.69, 9.17) is 0 Å². The summed E-state index contributed by atoms with van der Waals surface area (Å²) < 4.78 is 1.84. The summed E-state index contributed by atoms with van der Waals surface area (Å²) in [5.41, 5.74) is 3.31. The third-order valence-electron chi connectivity index (χ3n) is 7.61. The van der Waals surface area contributed by atoms with Gasteiger partial charge in [0.2, 0.25) is 5.91 Å². The van der Waals surface area contributed by atoms with E-state index in [1.54, 1.807) is 0 Å². The number of nitrogens with zero attached hydrogens (tertiary/aromatic N) is 3. The highest BCUT2D eigenvalue weighted by Crippen LogP contribution is 2.36. The molecule has 1 amide bonds. The molecule has 5 nitrogen and oxygen atoms in total. The van der Waals surface area contributed by atoms with Gasteiger partial charge >= 0.3 is 0 Å². The number of amides is 1. The Hall–Kier alpha value is -2.95. The van der Waals surface area contributed by atoms with Crippen molar-refractivity contribution in [3.63, 3.8) is 0 Å². The Kier molecular flexibility index (Phi) is 6.56. The molecule has 1 aliphatic heterocycles. The van der Waals surface area contributed by atoms with Crippen molar-refractivity contribution < 1.29 is 4.79 Å². The third kappa shape index (κ3) is 4.87. The van der Waals surface area contributed by atoms with Crippen LogP contribution in [0.25, 0.3) is 11.0 Å². The molecule has 2 aliphatic rings. The van der Waals surface area contributed by atoms with Gasteiger partial charge in [-0.3, -0.25) is 9.59 Å². The second-order valence-corrected chi connectivity index (χ2v) is 9.67. The molecule has 33 heavy (non-hydrogen) atoms. The SMILES string of the molecule is O=C(CCc1nc2ccccc2n(CCc2ccccc2)c1=O)N1CC[C@@H]2CCCC[C@@H]2C1. The van der Waals surface area contributed by atoms with Gasteiger partial charge in [-0.1, -0.05) is 61.7 Å². The average Bonchev–Trinajstić information content (AvgIpc) is 2.87. The van der Waals surface area contributed by atoms with Crippen molar-refractivity contribution >= 4 is 16.9 Å². The summed E-state index contributed by atoms with van der Waals surface area (Å²) in [4.78, 5) is 33.1. The smallest absolute Gasteiger partial charge is 0.272 e. The first-order chi connectivity index (χ1) is 16.2. The van der Waals surface area contributed by atoms with Crippen molar-refractivity contribution in [2.45, 2.75) is 57.9 Å². The maximum Gasteiger partial charge on any atom is 0.272 e. The van der Waals surface area contributed by atoms with Gasteiger partial charge in [-0.05, 0) is 48.8 Å². The van der Waals surface area contributed by atoms with Gasteiger partial charge in [0, 0.05) is 32.5 Å². The number of para-hydroxylation sites is 2. The first-order valence-corrected chi connectivity index (χ1v) is 12.5. The molecule has 172 valence electrons. The summed E-state index contributed by atoms with van der Waals surface area (Å²) >= 11 is 0. The molecular weight excluding hydrogens is 410 g/mol. The van der Waals surface area contributed by atoms with E-state index >= 15 is 0 Å². The number of piperidine rings is 1. The highest BCUT2D eigenvalue weighted by atomic mass is 16.2. The number of hydrogen-bond acceptors (Lipinski definition) is 3. The van der Waals surface area contributed by atoms with Crippen molar-refractivity contribution in [1.82, 2.24) is 14.5 Å². The van der Waals surface area contributed by atoms with E-state index in [-0.39, 0.29) is 11.5 Å². The fraction of sp³-hybridized carbons (Fsp3) is 0.464. The number of fused-ring (bicyclic) bond motifs is 2. The van der Waals surface area contributed by atoms with Gasteiger partial charge < -0.3 is 9.47 Å². The molecule has 1 saturated carbocycles. The summed E-state index contributed by atoms with van der Waals surface area (Å²) in [5, 5.41) is 0. The normalized spacial score (nSPS) is 20.5. The van der Waals surface area contributed by atoms with Gasteiger partial charge in [-0.2, -0.15) is 0 Å². The molecule has 2 atom stereocenters. The molecule has 5 rings (SSSR count). The number of likely N-dealkylation sites (tertiary alicyclic amines) is 1. The Labute approximate surface area is 195 Å². The fourth-order valence-electron chi connectivity index (χ4n) is 5.73. The van der Waals surface area contributed by atoms with E-state index in [9.17, 15) is 9.59 Å². The number of benzene rings is 2. The minimum absolute atomic E-state index is 0.0663. The molecule has 0 unspecified atom stereocenters. The Balaban J connectivity index is 1.31. The van der Waals surface area contributed by atoms with Crippen LogP contribution in [0.1, 0.15) is 49.8 Å². The van der Waals surface area contributed by atoms with Gasteiger partial charge in [-0.15, -0.1) is 0 Å². The number of rotatable bonds is 6. The van der Waals surface area contributed by atoms with Crippen LogP contribution in [0.2, 0.25) is 0 Å². The highest BCUT2D eigenvalue weighted by Gasteiger charge is 2.32. The minimum Gasteiger partial charge on any atom is -0.342 e. The predicted octanol–water partition coefficient (Wildman–Crippen LogP) is 4.61. The standard InChI is InChI=1S/C28H33N3O2/c32-27(30-18-17-22-10-4-5-11-23(22)20-30)15-14-25-28(33)31(19-16-21-8-2-1-3-9-21)26-13-7-6-12-24(26)29-25/h1-3,6-9,12-13,22-23H,4-5,10-11,14-20H2/t22-,23+/m0/s1. The van der Waals surface area contributed by atoms with Gasteiger partial charge in [0.05, 0.1) is 11.0 Å². The quantitative estimate of drug-likeness (QED) is 0.559. The summed E-state index contributed by atoms with van der Waals surface area (Å²) in [6.07, 6.45) is 7.91. The second kappa shape index (κ2) is 9.90. The molecule has 0 bridgehead atoms. The number of aromatic nitrogens is 2. The van der Waals surface area contributed by atoms with E-state index < -0.39 is 0 Å². The monoisotopic (exact) mass is 443 g/mol. The highest BCUT2D eigenvalue weighted by molar-refractivity contribution is 5.77. The van der Waals surface area contributed by atoms with Crippen LogP contribution in [0.3, 0.4) is 0 Å². The van der Waals surface area contributed by atoms with Crippen molar-refractivity contribution in [1.29, 1.82) is 0 Å². The van der Waals surface area contributed by atoms with Crippen LogP contribution in [0, 0.1) is 11.8 Å². The first kappa shape index (κ1) is 21.9. The van der Waals surface area contributed by atoms with Crippen molar-refractivity contribution in [3.05, 3.63) is 76.2 Å². The number of aryl methyl sites for hydroxylation is 3. The molecule has 0 spiro atoms. The predicted molar refractivity (Wildman–Crippen MR) is 131 cm³/mol. The van der Waals surface area contributed by atoms with Gasteiger partial charge in [0.1, 0.15) is 5.69 Å². The number of hydrogen-bond donors (Lipinski definition) is 0. The Morgan fingerprint density at radius 2 is 1.67 bits per heavy atom. The van der Waals surface area contributed by atoms with Crippen LogP contribution in [0.4, 0.5) is 0 Å². The van der Waals surface area contributed by atoms with Crippen molar-refractivity contribution in [2.24, 2.45) is 11.8 Å². The molecule has 3 aromatic rings. The molecular formula is C28H33N3O2. The number of carbonyl (C=O) groups excluding carboxylic acids is 1. The minimum atomic E-state index is -0.0663. The lowest BCUT2D eigenvalue weighted by Crippen LogP contribution is -2.45. The van der Waals surface area contributed by atoms with E-state index in [1.807, 2.05) is 51.9 Å². The zero-order valence-electron chi connectivity index (χ0n) is 19.3. The Morgan fingerprint density at radius 3 is 2.52 bits per heavy atom. The molecule has 1 saturated heterocycles. The molecule has 0 N–H and O–H groups in total. The van der Waals surface area contributed by atoms with Crippen molar-refractivity contribution in [3.8, 4) is 0 Å². The summed E-state index contributed by atoms with van der Waals surface area (Å²) in [7, 11) is 0. The Morgan fingerprint density at radius 1 is 0.909 bits per heavy atom. The van der Waals surface area contributed by atoms with Gasteiger partial charge in [0.25, 0.3) is 5.56 Å². The largest absolute Gasteiger partial charge is 0.342 e. The molecule has 2 fully saturated rings. The molecule has 1 aliphatic carbocycles. The van der Waals surface area contributed by atoms with E-state index in [1.165, 1.54) is 31.2 Å². The zero-order valence-corrected chi connectivity index (χ0v) is 19.3. The van der Waals surface area contributed by atoms with Gasteiger partial charge in [0.15, 0.2) is 0 Å². The topological polar surface area (TPSA) is 55.2 Å². The third-order valence-corrected chi connectivity index (χ3v) is 7.61. The Bertz CT molecular complexity index is 1170. The summed E-state index contributed by atoms with van der Waals surface area (Å²) in [5.74, 6) is 1.65. The summed E-state index contributed by atoms with van der Waals surface area (Å²) in [6, 6.07) is 18.0. The molecule has 0 radical (unpaired) electrons. The lowest BCUT2D eigenvalue weighted by molar-refractivity contribution is -0.134. The maximum absolute atomic E-state index is 13.4. The second-order valence-electron chi connectivity index (χ2n) is 9.67. The zero-order chi connectivity index (χ0) is 22.6. The molecule has 2 heterocycles. The molecule has 1 aromatic heterocycles. The first-order valence-electron chi connectivity index (χ1n) is 12.5. The lowest BCUT2D eigenvalue weighted by atomic mass is 9.75. The summed E-state index contributed by atoms with van der Waals surface area (Å²) in [6.45, 7) is 2.37. The number of carbonyl (C=O) groups is 1. The maximum atomic E-state index is 13.4. The van der Waals surface area contributed by atoms with E-state index in [0.29, 0.717) is 31.0 Å². The van der Waals surface area contributed by atoms with E-state index in [2.05, 4.69) is 17.1 Å². The van der Waals surface area contributed by atoms with Crippen LogP contribution in [-0.4, -0.2) is 33.4 Å². The lowest BCUT2D eigenvalue weighted by Gasteiger charge is -2.41. The van der Waals surface area contributed by atoms with Gasteiger partial charge in [-0.25, -0.2) is 4.98 Å². The average molecular weight is 444 g/mol. The van der Waals surface area contributed by atoms with Crippen LogP contribution in [0.5, 0.6) is 0 Å². The fourth-order valence-corrected chi connectivity index (χ4v) is 5.73.